The molecule has 0 saturated carbocycles. The second kappa shape index (κ2) is 56.9. The molecule has 70 heavy (non-hydrogen) atoms. The summed E-state index contributed by atoms with van der Waals surface area (Å²) in [4.78, 5) is 38.1. The largest absolute Gasteiger partial charge is 0.462 e. The molecule has 0 aliphatic rings. The van der Waals surface area contributed by atoms with Crippen LogP contribution in [0, 0.1) is 0 Å². The number of allylic oxidation sites excluding steroid dienone is 24. The first kappa shape index (κ1) is 65.3. The lowest BCUT2D eigenvalue weighted by molar-refractivity contribution is -0.167. The Bertz CT molecular complexity index is 1580. The number of unbranched alkanes of at least 4 members (excludes halogenated alkanes) is 13. The molecule has 0 saturated heterocycles. The summed E-state index contributed by atoms with van der Waals surface area (Å²) in [6.45, 7) is 6.29. The highest BCUT2D eigenvalue weighted by Crippen LogP contribution is 2.12. The molecule has 0 aromatic heterocycles. The molecule has 0 spiro atoms. The average molecular weight is 965 g/mol. The maximum absolute atomic E-state index is 12.8. The summed E-state index contributed by atoms with van der Waals surface area (Å²) in [5, 5.41) is 0. The fraction of sp³-hybridized carbons (Fsp3) is 0.578. The van der Waals surface area contributed by atoms with Crippen molar-refractivity contribution in [1.29, 1.82) is 0 Å². The molecule has 0 N–H and O–H groups in total. The molecule has 0 aliphatic heterocycles. The van der Waals surface area contributed by atoms with Crippen molar-refractivity contribution in [3.05, 3.63) is 146 Å². The zero-order valence-corrected chi connectivity index (χ0v) is 44.7. The summed E-state index contributed by atoms with van der Waals surface area (Å²) in [6, 6.07) is 0. The smallest absolute Gasteiger partial charge is 0.306 e. The first-order valence-corrected chi connectivity index (χ1v) is 27.8. The fourth-order valence-electron chi connectivity index (χ4n) is 6.94. The number of carbonyl (C=O) groups excluding carboxylic acids is 3. The molecule has 0 radical (unpaired) electrons. The summed E-state index contributed by atoms with van der Waals surface area (Å²) in [5.74, 6) is -1.04. The first-order valence-electron chi connectivity index (χ1n) is 27.8. The van der Waals surface area contributed by atoms with Gasteiger partial charge >= 0.3 is 17.9 Å². The van der Waals surface area contributed by atoms with E-state index in [9.17, 15) is 14.4 Å². The third-order valence-corrected chi connectivity index (χ3v) is 11.1. The summed E-state index contributed by atoms with van der Waals surface area (Å²) in [5.41, 5.74) is 0. The van der Waals surface area contributed by atoms with Gasteiger partial charge in [0.2, 0.25) is 0 Å². The van der Waals surface area contributed by atoms with Gasteiger partial charge in [-0.3, -0.25) is 14.4 Å². The van der Waals surface area contributed by atoms with E-state index < -0.39 is 6.10 Å². The van der Waals surface area contributed by atoms with Crippen LogP contribution in [0.2, 0.25) is 0 Å². The van der Waals surface area contributed by atoms with E-state index in [1.54, 1.807) is 0 Å². The maximum atomic E-state index is 12.8. The number of ether oxygens (including phenoxy) is 3. The van der Waals surface area contributed by atoms with Crippen molar-refractivity contribution < 1.29 is 28.6 Å². The number of carbonyl (C=O) groups is 3. The summed E-state index contributed by atoms with van der Waals surface area (Å²) in [6.07, 6.45) is 81.2. The van der Waals surface area contributed by atoms with Crippen molar-refractivity contribution in [2.45, 2.75) is 226 Å². The fourth-order valence-corrected chi connectivity index (χ4v) is 6.94. The van der Waals surface area contributed by atoms with Crippen LogP contribution in [0.5, 0.6) is 0 Å². The normalized spacial score (nSPS) is 13.2. The predicted molar refractivity (Wildman–Crippen MR) is 302 cm³/mol. The monoisotopic (exact) mass is 965 g/mol. The zero-order valence-electron chi connectivity index (χ0n) is 44.7. The van der Waals surface area contributed by atoms with Gasteiger partial charge in [-0.1, -0.05) is 212 Å². The third kappa shape index (κ3) is 54.2. The van der Waals surface area contributed by atoms with Crippen LogP contribution in [0.3, 0.4) is 0 Å². The SMILES string of the molecule is CC/C=C\C/C=C\C/C=C\C/C=C\C/C=C\CCCCCC(=O)OCC(COC(=O)CCCCCCC/C=C\C/C=C\CCCCCC)OC(=O)CCC/C=C\C/C=C\C/C=C\C/C=C\C/C=C\CC. The number of hydrogen-bond donors (Lipinski definition) is 0. The number of esters is 3. The van der Waals surface area contributed by atoms with Gasteiger partial charge in [0.1, 0.15) is 13.2 Å². The van der Waals surface area contributed by atoms with E-state index in [-0.39, 0.29) is 37.5 Å². The molecule has 0 fully saturated rings. The van der Waals surface area contributed by atoms with E-state index in [1.165, 1.54) is 32.1 Å². The first-order chi connectivity index (χ1) is 34.5. The highest BCUT2D eigenvalue weighted by molar-refractivity contribution is 5.71. The molecule has 0 heterocycles. The van der Waals surface area contributed by atoms with Gasteiger partial charge in [-0.15, -0.1) is 0 Å². The quantitative estimate of drug-likeness (QED) is 0.0262. The Kier molecular flexibility index (Phi) is 53.0. The number of rotatable bonds is 48. The molecular formula is C64H100O6. The van der Waals surface area contributed by atoms with Crippen LogP contribution in [0.25, 0.3) is 0 Å². The Labute approximate surface area is 429 Å². The molecule has 1 atom stereocenters. The van der Waals surface area contributed by atoms with Gasteiger partial charge < -0.3 is 14.2 Å². The van der Waals surface area contributed by atoms with Crippen molar-refractivity contribution in [1.82, 2.24) is 0 Å². The molecule has 6 heteroatoms. The van der Waals surface area contributed by atoms with Gasteiger partial charge in [0, 0.05) is 19.3 Å². The van der Waals surface area contributed by atoms with Crippen molar-refractivity contribution in [2.75, 3.05) is 13.2 Å². The second-order valence-electron chi connectivity index (χ2n) is 17.7. The average Bonchev–Trinajstić information content (AvgIpc) is 3.36. The Morgan fingerprint density at radius 2 is 0.571 bits per heavy atom. The Morgan fingerprint density at radius 3 is 0.929 bits per heavy atom. The van der Waals surface area contributed by atoms with E-state index in [0.717, 1.165) is 141 Å². The van der Waals surface area contributed by atoms with Crippen molar-refractivity contribution in [3.63, 3.8) is 0 Å². The molecular weight excluding hydrogens is 865 g/mol. The van der Waals surface area contributed by atoms with E-state index >= 15 is 0 Å². The van der Waals surface area contributed by atoms with Crippen LogP contribution in [-0.4, -0.2) is 37.2 Å². The summed E-state index contributed by atoms with van der Waals surface area (Å²) in [7, 11) is 0. The van der Waals surface area contributed by atoms with Crippen molar-refractivity contribution in [2.24, 2.45) is 0 Å². The minimum absolute atomic E-state index is 0.125. The molecule has 0 aromatic carbocycles. The summed E-state index contributed by atoms with van der Waals surface area (Å²) < 4.78 is 16.8. The second-order valence-corrected chi connectivity index (χ2v) is 17.7. The number of hydrogen-bond acceptors (Lipinski definition) is 6. The van der Waals surface area contributed by atoms with Gasteiger partial charge in [0.25, 0.3) is 0 Å². The van der Waals surface area contributed by atoms with Crippen LogP contribution in [0.1, 0.15) is 220 Å². The lowest BCUT2D eigenvalue weighted by Gasteiger charge is -2.18. The molecule has 392 valence electrons. The van der Waals surface area contributed by atoms with Gasteiger partial charge in [0.05, 0.1) is 0 Å². The molecule has 1 unspecified atom stereocenters. The predicted octanol–water partition coefficient (Wildman–Crippen LogP) is 18.8. The molecule has 6 nitrogen and oxygen atoms in total. The van der Waals surface area contributed by atoms with Gasteiger partial charge in [-0.05, 0) is 135 Å². The van der Waals surface area contributed by atoms with Crippen LogP contribution in [-0.2, 0) is 28.6 Å². The van der Waals surface area contributed by atoms with Crippen molar-refractivity contribution >= 4 is 17.9 Å². The highest BCUT2D eigenvalue weighted by Gasteiger charge is 2.19. The molecule has 0 aromatic rings. The Morgan fingerprint density at radius 1 is 0.300 bits per heavy atom. The standard InChI is InChI=1S/C64H100O6/c1-4-7-10-13-16-19-22-25-28-31-32-34-36-39-42-45-48-51-54-57-63(66)69-60-61(59-68-62(65)56-53-50-47-44-41-38-35-30-27-24-21-18-15-12-9-6-3)70-64(67)58-55-52-49-46-43-40-37-33-29-26-23-20-17-14-11-8-5-2/h7-8,10-11,16-17,19-21,24-26,28-30,32,34-35,37,39-40,42,46,49,61H,4-6,9,12-15,18,22-23,27,31,33,36,38,41,43-45,47-48,50-60H2,1-3H3/b10-7-,11-8-,19-16-,20-17-,24-21-,28-25-,29-26-,34-32-,35-30-,40-37-,42-39-,49-46-. The zero-order chi connectivity index (χ0) is 50.7. The molecule has 0 amide bonds. The van der Waals surface area contributed by atoms with E-state index in [1.807, 2.05) is 0 Å². The van der Waals surface area contributed by atoms with E-state index in [4.69, 9.17) is 14.2 Å². The van der Waals surface area contributed by atoms with Gasteiger partial charge in [-0.25, -0.2) is 0 Å². The van der Waals surface area contributed by atoms with E-state index in [0.29, 0.717) is 19.3 Å². The van der Waals surface area contributed by atoms with Crippen molar-refractivity contribution in [3.8, 4) is 0 Å². The minimum atomic E-state index is -0.834. The molecule has 0 bridgehead atoms. The third-order valence-electron chi connectivity index (χ3n) is 11.1. The van der Waals surface area contributed by atoms with Crippen LogP contribution in [0.15, 0.2) is 146 Å². The van der Waals surface area contributed by atoms with Gasteiger partial charge in [-0.2, -0.15) is 0 Å². The van der Waals surface area contributed by atoms with Crippen LogP contribution < -0.4 is 0 Å². The molecule has 0 rings (SSSR count). The van der Waals surface area contributed by atoms with Gasteiger partial charge in [0.15, 0.2) is 6.10 Å². The minimum Gasteiger partial charge on any atom is -0.462 e. The topological polar surface area (TPSA) is 78.9 Å². The van der Waals surface area contributed by atoms with E-state index in [2.05, 4.69) is 167 Å². The summed E-state index contributed by atoms with van der Waals surface area (Å²) >= 11 is 0. The highest BCUT2D eigenvalue weighted by atomic mass is 16.6. The Hall–Kier alpha value is -4.71. The van der Waals surface area contributed by atoms with Crippen LogP contribution >= 0.6 is 0 Å². The lowest BCUT2D eigenvalue weighted by Crippen LogP contribution is -2.30. The maximum Gasteiger partial charge on any atom is 0.306 e. The Balaban J connectivity index is 4.59. The lowest BCUT2D eigenvalue weighted by atomic mass is 10.1. The van der Waals surface area contributed by atoms with Crippen LogP contribution in [0.4, 0.5) is 0 Å². The molecule has 0 aliphatic carbocycles.